The Labute approximate surface area is 134 Å². The number of carbonyl (C=O) groups is 1. The zero-order valence-corrected chi connectivity index (χ0v) is 14.2. The molecule has 0 saturated carbocycles. The fourth-order valence-electron chi connectivity index (χ4n) is 2.03. The summed E-state index contributed by atoms with van der Waals surface area (Å²) < 4.78 is 5.20. The third kappa shape index (κ3) is 4.30. The van der Waals surface area contributed by atoms with Crippen molar-refractivity contribution in [1.29, 1.82) is 0 Å². The molecule has 0 unspecified atom stereocenters. The molecule has 0 aromatic carbocycles. The molecule has 7 heteroatoms. The molecule has 22 heavy (non-hydrogen) atoms. The Bertz CT molecular complexity index is 594. The summed E-state index contributed by atoms with van der Waals surface area (Å²) in [5, 5.41) is 9.80. The summed E-state index contributed by atoms with van der Waals surface area (Å²) in [7, 11) is 1.78. The van der Waals surface area contributed by atoms with Gasteiger partial charge in [0.15, 0.2) is 5.76 Å². The van der Waals surface area contributed by atoms with Crippen LogP contribution in [-0.2, 0) is 6.54 Å². The van der Waals surface area contributed by atoms with Crippen LogP contribution in [-0.4, -0.2) is 34.7 Å². The van der Waals surface area contributed by atoms with Gasteiger partial charge in [0.05, 0.1) is 17.2 Å². The predicted octanol–water partition coefficient (Wildman–Crippen LogP) is 3.20. The quantitative estimate of drug-likeness (QED) is 0.886. The number of nitrogens with one attached hydrogen (secondary N) is 1. The van der Waals surface area contributed by atoms with Gasteiger partial charge in [-0.05, 0) is 5.92 Å². The highest BCUT2D eigenvalue weighted by Crippen LogP contribution is 2.18. The number of aromatic nitrogens is 2. The van der Waals surface area contributed by atoms with Crippen molar-refractivity contribution in [3.63, 3.8) is 0 Å². The normalized spacial score (nSPS) is 12.4. The lowest BCUT2D eigenvalue weighted by Gasteiger charge is -2.20. The maximum atomic E-state index is 12.1. The smallest absolute Gasteiger partial charge is 0.317 e. The third-order valence-electron chi connectivity index (χ3n) is 3.35. The van der Waals surface area contributed by atoms with E-state index in [1.165, 1.54) is 0 Å². The minimum Gasteiger partial charge on any atom is -0.359 e. The van der Waals surface area contributed by atoms with Crippen LogP contribution < -0.4 is 5.32 Å². The molecule has 2 amide bonds. The second-order valence-corrected chi connectivity index (χ2v) is 6.61. The zero-order chi connectivity index (χ0) is 16.1. The SMILES string of the molecule is CC(C)c1cc(CNC(=O)N(C)C[C@@H](C)c2nccs2)on1. The average molecular weight is 322 g/mol. The minimum absolute atomic E-state index is 0.133. The molecule has 2 aromatic heterocycles. The van der Waals surface area contributed by atoms with E-state index in [4.69, 9.17) is 4.52 Å². The second kappa shape index (κ2) is 7.40. The molecule has 2 aromatic rings. The zero-order valence-electron chi connectivity index (χ0n) is 13.4. The molecule has 0 aliphatic heterocycles. The second-order valence-electron chi connectivity index (χ2n) is 5.68. The highest BCUT2D eigenvalue weighted by atomic mass is 32.1. The van der Waals surface area contributed by atoms with Crippen LogP contribution in [0.5, 0.6) is 0 Å². The Balaban J connectivity index is 1.80. The molecule has 0 fully saturated rings. The van der Waals surface area contributed by atoms with Gasteiger partial charge in [0.25, 0.3) is 0 Å². The number of nitrogens with zero attached hydrogens (tertiary/aromatic N) is 3. The molecule has 1 atom stereocenters. The molecule has 0 aliphatic carbocycles. The van der Waals surface area contributed by atoms with Gasteiger partial charge in [-0.25, -0.2) is 9.78 Å². The monoisotopic (exact) mass is 322 g/mol. The van der Waals surface area contributed by atoms with Crippen molar-refractivity contribution in [1.82, 2.24) is 20.4 Å². The maximum Gasteiger partial charge on any atom is 0.317 e. The number of thiazole rings is 1. The largest absolute Gasteiger partial charge is 0.359 e. The van der Waals surface area contributed by atoms with Crippen LogP contribution in [0.2, 0.25) is 0 Å². The number of hydrogen-bond acceptors (Lipinski definition) is 5. The van der Waals surface area contributed by atoms with E-state index in [0.29, 0.717) is 24.8 Å². The molecule has 2 heterocycles. The Morgan fingerprint density at radius 3 is 2.82 bits per heavy atom. The first-order valence-corrected chi connectivity index (χ1v) is 8.19. The lowest BCUT2D eigenvalue weighted by atomic mass is 10.1. The van der Waals surface area contributed by atoms with Crippen molar-refractivity contribution < 1.29 is 9.32 Å². The van der Waals surface area contributed by atoms with E-state index >= 15 is 0 Å². The van der Waals surface area contributed by atoms with Gasteiger partial charge in [0.1, 0.15) is 0 Å². The van der Waals surface area contributed by atoms with E-state index in [2.05, 4.69) is 22.4 Å². The molecular weight excluding hydrogens is 300 g/mol. The van der Waals surface area contributed by atoms with Crippen molar-refractivity contribution in [3.8, 4) is 0 Å². The van der Waals surface area contributed by atoms with Gasteiger partial charge in [0.2, 0.25) is 0 Å². The van der Waals surface area contributed by atoms with Gasteiger partial charge in [-0.3, -0.25) is 0 Å². The number of likely N-dealkylation sites (N-methyl/N-ethyl adjacent to an activating group) is 1. The Morgan fingerprint density at radius 2 is 2.23 bits per heavy atom. The van der Waals surface area contributed by atoms with Crippen LogP contribution in [0.15, 0.2) is 22.2 Å². The van der Waals surface area contributed by atoms with E-state index in [1.54, 1.807) is 29.5 Å². The molecule has 0 bridgehead atoms. The van der Waals surface area contributed by atoms with Crippen molar-refractivity contribution in [3.05, 3.63) is 34.1 Å². The van der Waals surface area contributed by atoms with Crippen LogP contribution in [0.1, 0.15) is 49.1 Å². The van der Waals surface area contributed by atoms with Gasteiger partial charge < -0.3 is 14.7 Å². The molecule has 0 aliphatic rings. The first kappa shape index (κ1) is 16.5. The molecule has 6 nitrogen and oxygen atoms in total. The third-order valence-corrected chi connectivity index (χ3v) is 4.36. The Morgan fingerprint density at radius 1 is 1.45 bits per heavy atom. The maximum absolute atomic E-state index is 12.1. The minimum atomic E-state index is -0.133. The summed E-state index contributed by atoms with van der Waals surface area (Å²) in [6.45, 7) is 7.12. The van der Waals surface area contributed by atoms with Crippen LogP contribution in [0.4, 0.5) is 4.79 Å². The van der Waals surface area contributed by atoms with E-state index < -0.39 is 0 Å². The summed E-state index contributed by atoms with van der Waals surface area (Å²) in [6.07, 6.45) is 1.78. The average Bonchev–Trinajstić information content (AvgIpc) is 3.15. The fourth-order valence-corrected chi connectivity index (χ4v) is 2.72. The highest BCUT2D eigenvalue weighted by Gasteiger charge is 2.16. The van der Waals surface area contributed by atoms with Gasteiger partial charge in [-0.1, -0.05) is 25.9 Å². The molecule has 0 radical (unpaired) electrons. The van der Waals surface area contributed by atoms with E-state index in [-0.39, 0.29) is 11.9 Å². The number of hydrogen-bond donors (Lipinski definition) is 1. The summed E-state index contributed by atoms with van der Waals surface area (Å²) in [6, 6.07) is 1.74. The summed E-state index contributed by atoms with van der Waals surface area (Å²) >= 11 is 1.61. The lowest BCUT2D eigenvalue weighted by Crippen LogP contribution is -2.38. The van der Waals surface area contributed by atoms with Gasteiger partial charge >= 0.3 is 6.03 Å². The molecule has 0 spiro atoms. The van der Waals surface area contributed by atoms with E-state index in [1.807, 2.05) is 25.3 Å². The molecule has 120 valence electrons. The Hall–Kier alpha value is -1.89. The summed E-state index contributed by atoms with van der Waals surface area (Å²) in [4.78, 5) is 18.0. The van der Waals surface area contributed by atoms with Crippen molar-refractivity contribution in [2.24, 2.45) is 0 Å². The number of amides is 2. The fraction of sp³-hybridized carbons (Fsp3) is 0.533. The Kier molecular flexibility index (Phi) is 5.54. The van der Waals surface area contributed by atoms with E-state index in [0.717, 1.165) is 10.7 Å². The number of carbonyl (C=O) groups excluding carboxylic acids is 1. The first-order valence-electron chi connectivity index (χ1n) is 7.31. The van der Waals surface area contributed by atoms with Gasteiger partial charge in [0, 0.05) is 37.2 Å². The lowest BCUT2D eigenvalue weighted by molar-refractivity contribution is 0.204. The van der Waals surface area contributed by atoms with Crippen LogP contribution in [0.3, 0.4) is 0 Å². The van der Waals surface area contributed by atoms with Crippen molar-refractivity contribution >= 4 is 17.4 Å². The molecular formula is C15H22N4O2S. The molecule has 1 N–H and O–H groups in total. The first-order chi connectivity index (χ1) is 10.5. The number of rotatable bonds is 6. The van der Waals surface area contributed by atoms with Crippen LogP contribution in [0, 0.1) is 0 Å². The number of urea groups is 1. The predicted molar refractivity (Wildman–Crippen MR) is 86.0 cm³/mol. The van der Waals surface area contributed by atoms with E-state index in [9.17, 15) is 4.79 Å². The summed E-state index contributed by atoms with van der Waals surface area (Å²) in [5.74, 6) is 1.20. The van der Waals surface area contributed by atoms with Crippen LogP contribution >= 0.6 is 11.3 Å². The highest BCUT2D eigenvalue weighted by molar-refractivity contribution is 7.09. The molecule has 2 rings (SSSR count). The van der Waals surface area contributed by atoms with Gasteiger partial charge in [-0.2, -0.15) is 0 Å². The summed E-state index contributed by atoms with van der Waals surface area (Å²) in [5.41, 5.74) is 0.898. The molecule has 0 saturated heterocycles. The topological polar surface area (TPSA) is 71.3 Å². The van der Waals surface area contributed by atoms with Crippen molar-refractivity contribution in [2.45, 2.75) is 39.2 Å². The van der Waals surface area contributed by atoms with Crippen molar-refractivity contribution in [2.75, 3.05) is 13.6 Å². The van der Waals surface area contributed by atoms with Crippen LogP contribution in [0.25, 0.3) is 0 Å². The van der Waals surface area contributed by atoms with Gasteiger partial charge in [-0.15, -0.1) is 11.3 Å². The standard InChI is InChI=1S/C15H22N4O2S/c1-10(2)13-7-12(21-18-13)8-17-15(20)19(4)9-11(3)14-16-5-6-22-14/h5-7,10-11H,8-9H2,1-4H3,(H,17,20)/t11-/m1/s1.